The van der Waals surface area contributed by atoms with Gasteiger partial charge in [0.2, 0.25) is 0 Å². The SMILES string of the molecule is CCc1nn(C)c2c1NCC(C)CS2. The van der Waals surface area contributed by atoms with Gasteiger partial charge in [-0.1, -0.05) is 13.8 Å². The van der Waals surface area contributed by atoms with E-state index in [1.165, 1.54) is 22.2 Å². The van der Waals surface area contributed by atoms with Crippen LogP contribution in [0.15, 0.2) is 5.03 Å². The normalized spacial score (nSPS) is 21.2. The molecule has 0 aromatic carbocycles. The number of aromatic nitrogens is 2. The Labute approximate surface area is 89.3 Å². The van der Waals surface area contributed by atoms with Crippen LogP contribution in [0, 0.1) is 5.92 Å². The van der Waals surface area contributed by atoms with E-state index in [1.54, 1.807) is 0 Å². The quantitative estimate of drug-likeness (QED) is 0.772. The number of hydrogen-bond acceptors (Lipinski definition) is 3. The lowest BCUT2D eigenvalue weighted by Crippen LogP contribution is -2.11. The number of thioether (sulfide) groups is 1. The molecule has 0 amide bonds. The summed E-state index contributed by atoms with van der Waals surface area (Å²) in [7, 11) is 2.03. The third-order valence-electron chi connectivity index (χ3n) is 2.53. The molecule has 0 saturated heterocycles. The molecule has 4 heteroatoms. The van der Waals surface area contributed by atoms with E-state index in [9.17, 15) is 0 Å². The fourth-order valence-corrected chi connectivity index (χ4v) is 2.83. The number of nitrogens with one attached hydrogen (secondary N) is 1. The number of nitrogens with zero attached hydrogens (tertiary/aromatic N) is 2. The van der Waals surface area contributed by atoms with Crippen LogP contribution in [0.5, 0.6) is 0 Å². The number of fused-ring (bicyclic) bond motifs is 1. The molecule has 1 aliphatic heterocycles. The zero-order valence-electron chi connectivity index (χ0n) is 9.00. The fourth-order valence-electron chi connectivity index (χ4n) is 1.71. The first-order valence-corrected chi connectivity index (χ1v) is 6.13. The molecule has 1 atom stereocenters. The van der Waals surface area contributed by atoms with Crippen molar-refractivity contribution in [3.8, 4) is 0 Å². The summed E-state index contributed by atoms with van der Waals surface area (Å²) in [6.07, 6.45) is 1.01. The monoisotopic (exact) mass is 211 g/mol. The lowest BCUT2D eigenvalue weighted by molar-refractivity contribution is 0.684. The van der Waals surface area contributed by atoms with Gasteiger partial charge in [0.1, 0.15) is 5.03 Å². The zero-order chi connectivity index (χ0) is 10.1. The Morgan fingerprint density at radius 3 is 3.14 bits per heavy atom. The summed E-state index contributed by atoms with van der Waals surface area (Å²) < 4.78 is 2.00. The molecule has 2 heterocycles. The van der Waals surface area contributed by atoms with Crippen molar-refractivity contribution >= 4 is 17.4 Å². The van der Waals surface area contributed by atoms with Gasteiger partial charge in [-0.2, -0.15) is 5.10 Å². The summed E-state index contributed by atoms with van der Waals surface area (Å²) in [5.74, 6) is 1.92. The molecule has 0 radical (unpaired) electrons. The number of aryl methyl sites for hydroxylation is 2. The van der Waals surface area contributed by atoms with Crippen molar-refractivity contribution in [2.75, 3.05) is 17.6 Å². The average Bonchev–Trinajstić information content (AvgIpc) is 2.33. The van der Waals surface area contributed by atoms with Gasteiger partial charge in [0.25, 0.3) is 0 Å². The molecule has 1 aliphatic rings. The molecule has 1 aromatic heterocycles. The Balaban J connectivity index is 2.36. The van der Waals surface area contributed by atoms with E-state index >= 15 is 0 Å². The maximum absolute atomic E-state index is 4.51. The summed E-state index contributed by atoms with van der Waals surface area (Å²) in [5.41, 5.74) is 2.47. The minimum Gasteiger partial charge on any atom is -0.381 e. The highest BCUT2D eigenvalue weighted by atomic mass is 32.2. The second kappa shape index (κ2) is 3.85. The Morgan fingerprint density at radius 2 is 2.43 bits per heavy atom. The van der Waals surface area contributed by atoms with Gasteiger partial charge in [0.05, 0.1) is 11.4 Å². The first-order chi connectivity index (χ1) is 6.72. The van der Waals surface area contributed by atoms with Crippen LogP contribution in [0.1, 0.15) is 19.5 Å². The molecule has 0 bridgehead atoms. The number of hydrogen-bond donors (Lipinski definition) is 1. The molecule has 2 rings (SSSR count). The summed E-state index contributed by atoms with van der Waals surface area (Å²) in [6.45, 7) is 5.51. The van der Waals surface area contributed by atoms with Gasteiger partial charge in [0.15, 0.2) is 0 Å². The molecule has 0 fully saturated rings. The maximum Gasteiger partial charge on any atom is 0.117 e. The molecule has 14 heavy (non-hydrogen) atoms. The highest BCUT2D eigenvalue weighted by Gasteiger charge is 2.19. The van der Waals surface area contributed by atoms with Crippen LogP contribution in [0.4, 0.5) is 5.69 Å². The highest BCUT2D eigenvalue weighted by molar-refractivity contribution is 7.99. The van der Waals surface area contributed by atoms with E-state index < -0.39 is 0 Å². The van der Waals surface area contributed by atoms with Crippen LogP contribution in [-0.4, -0.2) is 22.1 Å². The lowest BCUT2D eigenvalue weighted by atomic mass is 10.2. The number of rotatable bonds is 1. The van der Waals surface area contributed by atoms with Crippen molar-refractivity contribution in [1.29, 1.82) is 0 Å². The van der Waals surface area contributed by atoms with Crippen molar-refractivity contribution in [1.82, 2.24) is 9.78 Å². The molecular formula is C10H17N3S. The summed E-state index contributed by atoms with van der Waals surface area (Å²) >= 11 is 1.92. The van der Waals surface area contributed by atoms with Crippen LogP contribution >= 0.6 is 11.8 Å². The van der Waals surface area contributed by atoms with E-state index in [2.05, 4.69) is 24.3 Å². The summed E-state index contributed by atoms with van der Waals surface area (Å²) in [6, 6.07) is 0. The second-order valence-corrected chi connectivity index (χ2v) is 4.91. The van der Waals surface area contributed by atoms with Gasteiger partial charge >= 0.3 is 0 Å². The van der Waals surface area contributed by atoms with Gasteiger partial charge < -0.3 is 5.32 Å². The fraction of sp³-hybridized carbons (Fsp3) is 0.700. The summed E-state index contributed by atoms with van der Waals surface area (Å²) in [4.78, 5) is 0. The van der Waals surface area contributed by atoms with Crippen LogP contribution in [-0.2, 0) is 13.5 Å². The topological polar surface area (TPSA) is 29.9 Å². The Morgan fingerprint density at radius 1 is 1.64 bits per heavy atom. The van der Waals surface area contributed by atoms with Crippen molar-refractivity contribution < 1.29 is 0 Å². The average molecular weight is 211 g/mol. The van der Waals surface area contributed by atoms with Crippen LogP contribution in [0.2, 0.25) is 0 Å². The van der Waals surface area contributed by atoms with Crippen LogP contribution in [0.25, 0.3) is 0 Å². The van der Waals surface area contributed by atoms with Gasteiger partial charge in [-0.15, -0.1) is 11.8 Å². The molecule has 0 spiro atoms. The minimum atomic E-state index is 0.733. The Hall–Kier alpha value is -0.640. The van der Waals surface area contributed by atoms with Gasteiger partial charge in [-0.25, -0.2) is 0 Å². The van der Waals surface area contributed by atoms with E-state index in [1.807, 2.05) is 23.5 Å². The highest BCUT2D eigenvalue weighted by Crippen LogP contribution is 2.34. The van der Waals surface area contributed by atoms with Gasteiger partial charge in [-0.3, -0.25) is 4.68 Å². The predicted molar refractivity (Wildman–Crippen MR) is 61.0 cm³/mol. The molecule has 1 unspecified atom stereocenters. The standard InChI is InChI=1S/C10H17N3S/c1-4-8-9-10(13(3)12-8)14-6-7(2)5-11-9/h7,11H,4-6H2,1-3H3. The maximum atomic E-state index is 4.51. The molecule has 0 saturated carbocycles. The third kappa shape index (κ3) is 1.63. The molecule has 3 nitrogen and oxygen atoms in total. The largest absolute Gasteiger partial charge is 0.381 e. The molecule has 78 valence electrons. The Bertz CT molecular complexity index is 332. The lowest BCUT2D eigenvalue weighted by Gasteiger charge is -2.06. The van der Waals surface area contributed by atoms with Crippen molar-refractivity contribution in [3.63, 3.8) is 0 Å². The summed E-state index contributed by atoms with van der Waals surface area (Å²) in [5, 5.41) is 9.32. The van der Waals surface area contributed by atoms with E-state index in [4.69, 9.17) is 0 Å². The first-order valence-electron chi connectivity index (χ1n) is 5.15. The molecular weight excluding hydrogens is 194 g/mol. The predicted octanol–water partition coefficient (Wildman–Crippen LogP) is 2.14. The molecule has 0 aliphatic carbocycles. The first kappa shape index (κ1) is 9.90. The molecule has 1 aromatic rings. The van der Waals surface area contributed by atoms with E-state index in [0.29, 0.717) is 0 Å². The van der Waals surface area contributed by atoms with Gasteiger partial charge in [0, 0.05) is 19.3 Å². The Kier molecular flexibility index (Phi) is 2.72. The van der Waals surface area contributed by atoms with Crippen LogP contribution in [0.3, 0.4) is 0 Å². The van der Waals surface area contributed by atoms with E-state index in [0.717, 1.165) is 18.9 Å². The van der Waals surface area contributed by atoms with Crippen molar-refractivity contribution in [2.24, 2.45) is 13.0 Å². The van der Waals surface area contributed by atoms with Gasteiger partial charge in [-0.05, 0) is 12.3 Å². The van der Waals surface area contributed by atoms with Crippen molar-refractivity contribution in [3.05, 3.63) is 5.69 Å². The van der Waals surface area contributed by atoms with E-state index in [-0.39, 0.29) is 0 Å². The zero-order valence-corrected chi connectivity index (χ0v) is 9.82. The smallest absolute Gasteiger partial charge is 0.117 e. The second-order valence-electron chi connectivity index (χ2n) is 3.90. The van der Waals surface area contributed by atoms with Crippen LogP contribution < -0.4 is 5.32 Å². The van der Waals surface area contributed by atoms with Crippen molar-refractivity contribution in [2.45, 2.75) is 25.3 Å². The number of anilines is 1. The third-order valence-corrected chi connectivity index (χ3v) is 4.01. The molecule has 1 N–H and O–H groups in total. The minimum absolute atomic E-state index is 0.733.